The third-order valence-corrected chi connectivity index (χ3v) is 3.04. The van der Waals surface area contributed by atoms with Crippen molar-refractivity contribution >= 4 is 0 Å². The highest BCUT2D eigenvalue weighted by Crippen LogP contribution is 2.16. The molecule has 0 amide bonds. The van der Waals surface area contributed by atoms with Gasteiger partial charge in [0.2, 0.25) is 0 Å². The summed E-state index contributed by atoms with van der Waals surface area (Å²) >= 11 is 0. The minimum atomic E-state index is -0.526. The van der Waals surface area contributed by atoms with Crippen LogP contribution in [0.5, 0.6) is 0 Å². The minimum absolute atomic E-state index is 0.526. The summed E-state index contributed by atoms with van der Waals surface area (Å²) < 4.78 is 5.32. The van der Waals surface area contributed by atoms with Crippen molar-refractivity contribution in [2.45, 2.75) is 46.1 Å². The van der Waals surface area contributed by atoms with Crippen molar-refractivity contribution in [3.8, 4) is 0 Å². The maximum atomic E-state index is 10.2. The van der Waals surface area contributed by atoms with Crippen molar-refractivity contribution < 1.29 is 9.84 Å². The zero-order chi connectivity index (χ0) is 11.7. The molecule has 0 radical (unpaired) electrons. The lowest BCUT2D eigenvalue weighted by Crippen LogP contribution is -2.43. The van der Waals surface area contributed by atoms with Gasteiger partial charge in [0.25, 0.3) is 0 Å². The Balaban J connectivity index is 3.95. The zero-order valence-electron chi connectivity index (χ0n) is 10.8. The molecule has 0 bridgehead atoms. The van der Waals surface area contributed by atoms with Crippen LogP contribution in [0.2, 0.25) is 0 Å². The van der Waals surface area contributed by atoms with Crippen LogP contribution in [-0.2, 0) is 4.74 Å². The number of likely N-dealkylation sites (N-methyl/N-ethyl adjacent to an activating group) is 1. The standard InChI is InChI=1S/C12H27NO2/c1-5-12(14,6-2)11-13(7-3)9-10-15-8-4/h14H,5-11H2,1-4H3. The van der Waals surface area contributed by atoms with Crippen molar-refractivity contribution in [3.63, 3.8) is 0 Å². The smallest absolute Gasteiger partial charge is 0.0768 e. The van der Waals surface area contributed by atoms with Crippen molar-refractivity contribution in [1.29, 1.82) is 0 Å². The van der Waals surface area contributed by atoms with Crippen molar-refractivity contribution in [1.82, 2.24) is 4.90 Å². The van der Waals surface area contributed by atoms with Crippen LogP contribution in [0.1, 0.15) is 40.5 Å². The van der Waals surface area contributed by atoms with Gasteiger partial charge in [-0.1, -0.05) is 20.8 Å². The highest BCUT2D eigenvalue weighted by molar-refractivity contribution is 4.79. The lowest BCUT2D eigenvalue weighted by Gasteiger charge is -2.32. The molecule has 0 aromatic carbocycles. The van der Waals surface area contributed by atoms with E-state index in [1.807, 2.05) is 20.8 Å². The van der Waals surface area contributed by atoms with E-state index in [2.05, 4.69) is 11.8 Å². The molecule has 0 aliphatic heterocycles. The topological polar surface area (TPSA) is 32.7 Å². The first-order chi connectivity index (χ1) is 7.11. The molecule has 0 saturated heterocycles. The van der Waals surface area contributed by atoms with Gasteiger partial charge in [-0.25, -0.2) is 0 Å². The molecular formula is C12H27NO2. The second-order valence-corrected chi connectivity index (χ2v) is 4.00. The van der Waals surface area contributed by atoms with Crippen LogP contribution in [0.15, 0.2) is 0 Å². The number of aliphatic hydroxyl groups is 1. The molecule has 1 N–H and O–H groups in total. The number of hydrogen-bond acceptors (Lipinski definition) is 3. The molecule has 3 heteroatoms. The van der Waals surface area contributed by atoms with Gasteiger partial charge < -0.3 is 9.84 Å². The quantitative estimate of drug-likeness (QED) is 0.599. The Morgan fingerprint density at radius 3 is 2.13 bits per heavy atom. The lowest BCUT2D eigenvalue weighted by molar-refractivity contribution is -0.00878. The Bertz CT molecular complexity index is 147. The summed E-state index contributed by atoms with van der Waals surface area (Å²) in [6, 6.07) is 0. The van der Waals surface area contributed by atoms with Gasteiger partial charge in [-0.15, -0.1) is 0 Å². The molecular weight excluding hydrogens is 190 g/mol. The Kier molecular flexibility index (Phi) is 8.02. The number of hydrogen-bond donors (Lipinski definition) is 1. The Morgan fingerprint density at radius 1 is 1.13 bits per heavy atom. The molecule has 0 atom stereocenters. The molecule has 0 aliphatic rings. The lowest BCUT2D eigenvalue weighted by atomic mass is 9.97. The van der Waals surface area contributed by atoms with E-state index < -0.39 is 5.60 Å². The first-order valence-electron chi connectivity index (χ1n) is 6.14. The predicted molar refractivity (Wildman–Crippen MR) is 64.1 cm³/mol. The Hall–Kier alpha value is -0.120. The highest BCUT2D eigenvalue weighted by atomic mass is 16.5. The number of nitrogens with zero attached hydrogens (tertiary/aromatic N) is 1. The van der Waals surface area contributed by atoms with Gasteiger partial charge in [-0.3, -0.25) is 4.90 Å². The second kappa shape index (κ2) is 8.08. The molecule has 92 valence electrons. The highest BCUT2D eigenvalue weighted by Gasteiger charge is 2.24. The Morgan fingerprint density at radius 2 is 1.73 bits per heavy atom. The third-order valence-electron chi connectivity index (χ3n) is 3.04. The van der Waals surface area contributed by atoms with Gasteiger partial charge in [0.1, 0.15) is 0 Å². The summed E-state index contributed by atoms with van der Waals surface area (Å²) in [5.74, 6) is 0. The van der Waals surface area contributed by atoms with Gasteiger partial charge in [-0.05, 0) is 26.3 Å². The van der Waals surface area contributed by atoms with Crippen LogP contribution in [0.25, 0.3) is 0 Å². The molecule has 0 saturated carbocycles. The normalized spacial score (nSPS) is 12.4. The molecule has 0 aromatic rings. The fraction of sp³-hybridized carbons (Fsp3) is 1.00. The summed E-state index contributed by atoms with van der Waals surface area (Å²) in [7, 11) is 0. The van der Waals surface area contributed by atoms with Gasteiger partial charge in [-0.2, -0.15) is 0 Å². The fourth-order valence-electron chi connectivity index (χ4n) is 1.58. The molecule has 0 aliphatic carbocycles. The summed E-state index contributed by atoms with van der Waals surface area (Å²) in [4.78, 5) is 2.25. The molecule has 15 heavy (non-hydrogen) atoms. The van der Waals surface area contributed by atoms with Crippen molar-refractivity contribution in [3.05, 3.63) is 0 Å². The molecule has 0 rings (SSSR count). The first kappa shape index (κ1) is 14.9. The summed E-state index contributed by atoms with van der Waals surface area (Å²) in [5.41, 5.74) is -0.526. The van der Waals surface area contributed by atoms with Crippen LogP contribution in [0.4, 0.5) is 0 Å². The van der Waals surface area contributed by atoms with Crippen molar-refractivity contribution in [2.75, 3.05) is 32.8 Å². The molecule has 0 aromatic heterocycles. The largest absolute Gasteiger partial charge is 0.389 e. The van der Waals surface area contributed by atoms with E-state index >= 15 is 0 Å². The number of rotatable bonds is 9. The average Bonchev–Trinajstić information content (AvgIpc) is 2.27. The first-order valence-corrected chi connectivity index (χ1v) is 6.14. The van der Waals surface area contributed by atoms with Crippen LogP contribution in [-0.4, -0.2) is 48.5 Å². The summed E-state index contributed by atoms with van der Waals surface area (Å²) in [5, 5.41) is 10.2. The second-order valence-electron chi connectivity index (χ2n) is 4.00. The van der Waals surface area contributed by atoms with Crippen molar-refractivity contribution in [2.24, 2.45) is 0 Å². The van der Waals surface area contributed by atoms with Crippen LogP contribution in [0.3, 0.4) is 0 Å². The molecule has 0 fully saturated rings. The molecule has 0 heterocycles. The van der Waals surface area contributed by atoms with E-state index in [0.717, 1.165) is 45.7 Å². The predicted octanol–water partition coefficient (Wildman–Crippen LogP) is 1.90. The molecule has 3 nitrogen and oxygen atoms in total. The van der Waals surface area contributed by atoms with Crippen LogP contribution >= 0.6 is 0 Å². The minimum Gasteiger partial charge on any atom is -0.389 e. The number of ether oxygens (including phenoxy) is 1. The maximum absolute atomic E-state index is 10.2. The third kappa shape index (κ3) is 6.13. The SMILES string of the molecule is CCOCCN(CC)CC(O)(CC)CC. The van der Waals surface area contributed by atoms with E-state index in [1.165, 1.54) is 0 Å². The van der Waals surface area contributed by atoms with Gasteiger partial charge in [0.15, 0.2) is 0 Å². The fourth-order valence-corrected chi connectivity index (χ4v) is 1.58. The monoisotopic (exact) mass is 217 g/mol. The van der Waals surface area contributed by atoms with E-state index in [1.54, 1.807) is 0 Å². The molecule has 0 unspecified atom stereocenters. The maximum Gasteiger partial charge on any atom is 0.0768 e. The van der Waals surface area contributed by atoms with Gasteiger partial charge >= 0.3 is 0 Å². The molecule has 0 spiro atoms. The van der Waals surface area contributed by atoms with Crippen LogP contribution < -0.4 is 0 Å². The van der Waals surface area contributed by atoms with E-state index in [9.17, 15) is 5.11 Å². The van der Waals surface area contributed by atoms with Gasteiger partial charge in [0.05, 0.1) is 12.2 Å². The zero-order valence-corrected chi connectivity index (χ0v) is 10.8. The van der Waals surface area contributed by atoms with E-state index in [4.69, 9.17) is 4.74 Å². The Labute approximate surface area is 94.4 Å². The van der Waals surface area contributed by atoms with Crippen LogP contribution in [0, 0.1) is 0 Å². The summed E-state index contributed by atoms with van der Waals surface area (Å²) in [6.07, 6.45) is 1.63. The van der Waals surface area contributed by atoms with E-state index in [-0.39, 0.29) is 0 Å². The van der Waals surface area contributed by atoms with Gasteiger partial charge in [0, 0.05) is 19.7 Å². The average molecular weight is 217 g/mol. The van der Waals surface area contributed by atoms with E-state index in [0.29, 0.717) is 0 Å². The summed E-state index contributed by atoms with van der Waals surface area (Å²) in [6.45, 7) is 12.4.